The van der Waals surface area contributed by atoms with E-state index in [0.717, 1.165) is 43.8 Å². The summed E-state index contributed by atoms with van der Waals surface area (Å²) in [6.45, 7) is 1.60. The molecular weight excluding hydrogens is 318 g/mol. The molecule has 2 fully saturated rings. The molecular formula is C18H25N5O2. The second kappa shape index (κ2) is 6.98. The van der Waals surface area contributed by atoms with Gasteiger partial charge >= 0.3 is 0 Å². The molecule has 1 saturated heterocycles. The summed E-state index contributed by atoms with van der Waals surface area (Å²) in [5.41, 5.74) is 0.732. The molecule has 3 heterocycles. The van der Waals surface area contributed by atoms with Crippen molar-refractivity contribution in [2.45, 2.75) is 50.9 Å². The molecule has 1 amide bonds. The van der Waals surface area contributed by atoms with Gasteiger partial charge in [0.15, 0.2) is 11.5 Å². The van der Waals surface area contributed by atoms with E-state index in [1.807, 2.05) is 11.0 Å². The highest BCUT2D eigenvalue weighted by atomic mass is 16.5. The van der Waals surface area contributed by atoms with Crippen molar-refractivity contribution in [3.05, 3.63) is 18.0 Å². The van der Waals surface area contributed by atoms with Gasteiger partial charge in [-0.1, -0.05) is 12.8 Å². The fourth-order valence-electron chi connectivity index (χ4n) is 4.13. The summed E-state index contributed by atoms with van der Waals surface area (Å²) in [6.07, 6.45) is 7.58. The predicted molar refractivity (Wildman–Crippen MR) is 92.5 cm³/mol. The van der Waals surface area contributed by atoms with Crippen LogP contribution in [0.2, 0.25) is 0 Å². The van der Waals surface area contributed by atoms with Crippen LogP contribution >= 0.6 is 0 Å². The van der Waals surface area contributed by atoms with Gasteiger partial charge in [0.1, 0.15) is 0 Å². The largest absolute Gasteiger partial charge is 0.480 e. The van der Waals surface area contributed by atoms with Crippen LogP contribution in [0.5, 0.6) is 5.88 Å². The molecule has 1 saturated carbocycles. The van der Waals surface area contributed by atoms with E-state index in [0.29, 0.717) is 17.7 Å². The molecule has 0 atom stereocenters. The van der Waals surface area contributed by atoms with E-state index in [2.05, 4.69) is 15.3 Å². The van der Waals surface area contributed by atoms with Crippen molar-refractivity contribution in [2.24, 2.45) is 5.92 Å². The molecule has 0 bridgehead atoms. The summed E-state index contributed by atoms with van der Waals surface area (Å²) in [7, 11) is 1.60. The van der Waals surface area contributed by atoms with E-state index in [4.69, 9.17) is 4.74 Å². The summed E-state index contributed by atoms with van der Waals surface area (Å²) in [4.78, 5) is 14.5. The van der Waals surface area contributed by atoms with Crippen molar-refractivity contribution >= 4 is 11.6 Å². The smallest absolute Gasteiger partial charge is 0.231 e. The molecule has 0 N–H and O–H groups in total. The Kier molecular flexibility index (Phi) is 4.55. The number of rotatable bonds is 4. The molecule has 2 aromatic heterocycles. The zero-order valence-electron chi connectivity index (χ0n) is 14.7. The first-order valence-corrected chi connectivity index (χ1v) is 9.28. The summed E-state index contributed by atoms with van der Waals surface area (Å²) in [6, 6.07) is 3.65. The van der Waals surface area contributed by atoms with E-state index < -0.39 is 0 Å². The lowest BCUT2D eigenvalue weighted by Gasteiger charge is -2.31. The van der Waals surface area contributed by atoms with Gasteiger partial charge in [-0.2, -0.15) is 4.52 Å². The molecule has 0 spiro atoms. The molecule has 134 valence electrons. The highest BCUT2D eigenvalue weighted by Gasteiger charge is 2.29. The minimum atomic E-state index is 0.283. The van der Waals surface area contributed by atoms with Crippen LogP contribution in [0.4, 0.5) is 0 Å². The van der Waals surface area contributed by atoms with E-state index in [1.165, 1.54) is 25.7 Å². The van der Waals surface area contributed by atoms with Crippen molar-refractivity contribution in [3.8, 4) is 5.88 Å². The topological polar surface area (TPSA) is 72.6 Å². The summed E-state index contributed by atoms with van der Waals surface area (Å²) in [5.74, 6) is 2.65. The highest BCUT2D eigenvalue weighted by molar-refractivity contribution is 5.76. The van der Waals surface area contributed by atoms with Gasteiger partial charge in [-0.05, 0) is 37.7 Å². The van der Waals surface area contributed by atoms with Gasteiger partial charge in [-0.25, -0.2) is 0 Å². The van der Waals surface area contributed by atoms with Crippen LogP contribution in [0.1, 0.15) is 56.7 Å². The molecule has 0 aromatic carbocycles. The number of amides is 1. The molecule has 7 nitrogen and oxygen atoms in total. The Morgan fingerprint density at radius 3 is 2.64 bits per heavy atom. The number of aromatic nitrogens is 4. The van der Waals surface area contributed by atoms with Crippen LogP contribution in [0.15, 0.2) is 12.1 Å². The van der Waals surface area contributed by atoms with Crippen LogP contribution in [0.3, 0.4) is 0 Å². The number of carbonyl (C=O) groups excluding carboxylic acids is 1. The Labute approximate surface area is 147 Å². The molecule has 0 unspecified atom stereocenters. The molecule has 25 heavy (non-hydrogen) atoms. The van der Waals surface area contributed by atoms with Gasteiger partial charge in [0.25, 0.3) is 0 Å². The standard InChI is InChI=1S/C18H25N5O2/c1-25-16-7-6-15-19-20-18(23(15)21-16)14-8-10-22(11-9-14)17(24)12-13-4-2-3-5-13/h6-7,13-14H,2-5,8-12H2,1H3. The van der Waals surface area contributed by atoms with Gasteiger partial charge in [0.05, 0.1) is 7.11 Å². The first-order chi connectivity index (χ1) is 12.2. The fourth-order valence-corrected chi connectivity index (χ4v) is 4.13. The first-order valence-electron chi connectivity index (χ1n) is 9.28. The third-order valence-corrected chi connectivity index (χ3v) is 5.62. The van der Waals surface area contributed by atoms with Crippen molar-refractivity contribution in [3.63, 3.8) is 0 Å². The molecule has 2 aliphatic rings. The molecule has 0 radical (unpaired) electrons. The first kappa shape index (κ1) is 16.3. The van der Waals surface area contributed by atoms with Crippen molar-refractivity contribution in [1.29, 1.82) is 0 Å². The third-order valence-electron chi connectivity index (χ3n) is 5.62. The lowest BCUT2D eigenvalue weighted by atomic mass is 9.95. The second-order valence-electron chi connectivity index (χ2n) is 7.21. The van der Waals surface area contributed by atoms with Crippen LogP contribution < -0.4 is 4.74 Å². The molecule has 2 aromatic rings. The highest BCUT2D eigenvalue weighted by Crippen LogP contribution is 2.31. The summed E-state index contributed by atoms with van der Waals surface area (Å²) < 4.78 is 6.98. The molecule has 4 rings (SSSR count). The monoisotopic (exact) mass is 343 g/mol. The lowest BCUT2D eigenvalue weighted by molar-refractivity contribution is -0.133. The average Bonchev–Trinajstić information content (AvgIpc) is 3.30. The minimum absolute atomic E-state index is 0.283. The van der Waals surface area contributed by atoms with Crippen molar-refractivity contribution in [2.75, 3.05) is 20.2 Å². The van der Waals surface area contributed by atoms with Gasteiger partial charge in [-0.15, -0.1) is 15.3 Å². The number of hydrogen-bond acceptors (Lipinski definition) is 5. The zero-order chi connectivity index (χ0) is 17.2. The predicted octanol–water partition coefficient (Wildman–Crippen LogP) is 2.42. The van der Waals surface area contributed by atoms with Crippen molar-refractivity contribution in [1.82, 2.24) is 24.7 Å². The Morgan fingerprint density at radius 1 is 1.16 bits per heavy atom. The van der Waals surface area contributed by atoms with Gasteiger partial charge in [-0.3, -0.25) is 4.79 Å². The lowest BCUT2D eigenvalue weighted by Crippen LogP contribution is -2.38. The Balaban J connectivity index is 1.40. The Bertz CT molecular complexity index is 745. The van der Waals surface area contributed by atoms with E-state index >= 15 is 0 Å². The van der Waals surface area contributed by atoms with Gasteiger partial charge in [0, 0.05) is 31.5 Å². The minimum Gasteiger partial charge on any atom is -0.480 e. The summed E-state index contributed by atoms with van der Waals surface area (Å²) in [5, 5.41) is 13.0. The fraction of sp³-hybridized carbons (Fsp3) is 0.667. The van der Waals surface area contributed by atoms with Crippen molar-refractivity contribution < 1.29 is 9.53 Å². The number of ether oxygens (including phenoxy) is 1. The number of piperidine rings is 1. The van der Waals surface area contributed by atoms with Crippen LogP contribution in [-0.2, 0) is 4.79 Å². The number of methoxy groups -OCH3 is 1. The molecule has 1 aliphatic heterocycles. The maximum absolute atomic E-state index is 12.5. The zero-order valence-corrected chi connectivity index (χ0v) is 14.7. The number of hydrogen-bond donors (Lipinski definition) is 0. The number of nitrogens with zero attached hydrogens (tertiary/aromatic N) is 5. The quantitative estimate of drug-likeness (QED) is 0.852. The maximum Gasteiger partial charge on any atom is 0.231 e. The number of fused-ring (bicyclic) bond motifs is 1. The van der Waals surface area contributed by atoms with E-state index in [-0.39, 0.29) is 5.92 Å². The van der Waals surface area contributed by atoms with E-state index in [9.17, 15) is 4.79 Å². The third kappa shape index (κ3) is 3.32. The van der Waals surface area contributed by atoms with Crippen LogP contribution in [0.25, 0.3) is 5.65 Å². The SMILES string of the molecule is COc1ccc2nnc(C3CCN(C(=O)CC4CCCC4)CC3)n2n1. The van der Waals surface area contributed by atoms with Gasteiger partial charge < -0.3 is 9.64 Å². The normalized spacial score (nSPS) is 19.6. The number of carbonyl (C=O) groups is 1. The average molecular weight is 343 g/mol. The van der Waals surface area contributed by atoms with Crippen LogP contribution in [0, 0.1) is 5.92 Å². The molecule has 7 heteroatoms. The van der Waals surface area contributed by atoms with Crippen LogP contribution in [-0.4, -0.2) is 50.8 Å². The Morgan fingerprint density at radius 2 is 1.92 bits per heavy atom. The maximum atomic E-state index is 12.5. The second-order valence-corrected chi connectivity index (χ2v) is 7.21. The summed E-state index contributed by atoms with van der Waals surface area (Å²) >= 11 is 0. The number of likely N-dealkylation sites (tertiary alicyclic amines) is 1. The Hall–Kier alpha value is -2.18. The van der Waals surface area contributed by atoms with E-state index in [1.54, 1.807) is 17.7 Å². The van der Waals surface area contributed by atoms with Gasteiger partial charge in [0.2, 0.25) is 11.8 Å². The molecule has 1 aliphatic carbocycles.